The first-order chi connectivity index (χ1) is 10.4. The lowest BCUT2D eigenvalue weighted by Gasteiger charge is -2.07. The van der Waals surface area contributed by atoms with Gasteiger partial charge in [0.15, 0.2) is 5.16 Å². The lowest BCUT2D eigenvalue weighted by molar-refractivity contribution is 0.0863. The second kappa shape index (κ2) is 5.59. The summed E-state index contributed by atoms with van der Waals surface area (Å²) in [6, 6.07) is 7.69. The summed E-state index contributed by atoms with van der Waals surface area (Å²) in [6.45, 7) is 4.12. The average molecular weight is 355 g/mol. The Labute approximate surface area is 143 Å². The van der Waals surface area contributed by atoms with Crippen LogP contribution >= 0.6 is 35.0 Å². The molecule has 3 rings (SSSR count). The first-order valence-electron chi connectivity index (χ1n) is 6.96. The molecule has 0 N–H and O–H groups in total. The van der Waals surface area contributed by atoms with Gasteiger partial charge in [-0.1, -0.05) is 60.9 Å². The van der Waals surface area contributed by atoms with Gasteiger partial charge in [0.25, 0.3) is 0 Å². The summed E-state index contributed by atoms with van der Waals surface area (Å²) in [6.07, 6.45) is 3.69. The first-order valence-corrected chi connectivity index (χ1v) is 8.94. The van der Waals surface area contributed by atoms with Gasteiger partial charge in [0, 0.05) is 0 Å². The van der Waals surface area contributed by atoms with Gasteiger partial charge in [-0.3, -0.25) is 9.36 Å². The minimum absolute atomic E-state index is 0.0545. The van der Waals surface area contributed by atoms with Crippen molar-refractivity contribution in [3.8, 4) is 0 Å². The lowest BCUT2D eigenvalue weighted by Crippen LogP contribution is -2.16. The minimum atomic E-state index is -0.146. The van der Waals surface area contributed by atoms with Crippen LogP contribution in [0.3, 0.4) is 0 Å². The van der Waals surface area contributed by atoms with E-state index in [9.17, 15) is 4.79 Å². The zero-order valence-corrected chi connectivity index (χ0v) is 14.8. The third-order valence-electron chi connectivity index (χ3n) is 4.42. The topological polar surface area (TPSA) is 34.9 Å². The number of hydrogen-bond donors (Lipinski definition) is 0. The highest BCUT2D eigenvalue weighted by molar-refractivity contribution is 7.98. The molecule has 0 unspecified atom stereocenters. The van der Waals surface area contributed by atoms with Crippen molar-refractivity contribution in [3.05, 3.63) is 34.8 Å². The molecule has 1 aliphatic carbocycles. The van der Waals surface area contributed by atoms with Crippen molar-refractivity contribution in [2.75, 3.05) is 6.26 Å². The number of aromatic nitrogens is 2. The lowest BCUT2D eigenvalue weighted by atomic mass is 10.1. The average Bonchev–Trinajstić information content (AvgIpc) is 2.84. The Morgan fingerprint density at radius 2 is 2.05 bits per heavy atom. The van der Waals surface area contributed by atoms with Gasteiger partial charge in [-0.2, -0.15) is 0 Å². The number of rotatable bonds is 3. The smallest absolute Gasteiger partial charge is 0.237 e. The van der Waals surface area contributed by atoms with E-state index in [0.717, 1.165) is 11.0 Å². The third kappa shape index (κ3) is 2.47. The molecule has 6 heteroatoms. The molecule has 1 fully saturated rings. The van der Waals surface area contributed by atoms with Crippen LogP contribution in [-0.2, 0) is 0 Å². The predicted octanol–water partition coefficient (Wildman–Crippen LogP) is 4.99. The van der Waals surface area contributed by atoms with Gasteiger partial charge in [-0.05, 0) is 35.8 Å². The number of hydrogen-bond acceptors (Lipinski definition) is 3. The summed E-state index contributed by atoms with van der Waals surface area (Å²) in [5.74, 6) is -0.0248. The Morgan fingerprint density at radius 3 is 2.68 bits per heavy atom. The Balaban J connectivity index is 2.05. The molecule has 3 nitrogen and oxygen atoms in total. The number of thioether (sulfide) groups is 1. The number of para-hydroxylation sites is 2. The second-order valence-electron chi connectivity index (χ2n) is 6.04. The quantitative estimate of drug-likeness (QED) is 0.728. The Bertz CT molecular complexity index is 778. The molecule has 2 atom stereocenters. The molecular weight excluding hydrogens is 339 g/mol. The van der Waals surface area contributed by atoms with E-state index in [0.29, 0.717) is 5.16 Å². The van der Waals surface area contributed by atoms with Gasteiger partial charge in [-0.15, -0.1) is 0 Å². The maximum Gasteiger partial charge on any atom is 0.237 e. The van der Waals surface area contributed by atoms with Crippen LogP contribution < -0.4 is 0 Å². The Kier molecular flexibility index (Phi) is 4.04. The first kappa shape index (κ1) is 15.9. The van der Waals surface area contributed by atoms with Crippen molar-refractivity contribution in [2.24, 2.45) is 17.3 Å². The molecule has 0 radical (unpaired) electrons. The SMILES string of the molecule is CSc1nc2ccccc2n1C(=O)[C@@H]1[C@H](C=C(Cl)Cl)C1(C)C. The van der Waals surface area contributed by atoms with Gasteiger partial charge in [0.1, 0.15) is 4.49 Å². The molecule has 0 aliphatic heterocycles. The summed E-state index contributed by atoms with van der Waals surface area (Å²) in [4.78, 5) is 17.6. The number of fused-ring (bicyclic) bond motifs is 1. The summed E-state index contributed by atoms with van der Waals surface area (Å²) in [5.41, 5.74) is 1.54. The monoisotopic (exact) mass is 354 g/mol. The number of nitrogens with zero attached hydrogens (tertiary/aromatic N) is 2. The van der Waals surface area contributed by atoms with E-state index in [1.54, 1.807) is 10.6 Å². The van der Waals surface area contributed by atoms with Crippen molar-refractivity contribution in [1.29, 1.82) is 0 Å². The van der Waals surface area contributed by atoms with E-state index >= 15 is 0 Å². The highest BCUT2D eigenvalue weighted by atomic mass is 35.5. The fourth-order valence-electron chi connectivity index (χ4n) is 3.09. The largest absolute Gasteiger partial charge is 0.274 e. The molecule has 2 aromatic rings. The van der Waals surface area contributed by atoms with Gasteiger partial charge >= 0.3 is 0 Å². The highest BCUT2D eigenvalue weighted by Crippen LogP contribution is 2.60. The van der Waals surface area contributed by atoms with Crippen LogP contribution in [0.25, 0.3) is 11.0 Å². The van der Waals surface area contributed by atoms with E-state index in [4.69, 9.17) is 23.2 Å². The maximum atomic E-state index is 13.1. The molecule has 1 saturated carbocycles. The number of benzene rings is 1. The van der Waals surface area contributed by atoms with Gasteiger partial charge in [-0.25, -0.2) is 4.98 Å². The van der Waals surface area contributed by atoms with E-state index in [1.807, 2.05) is 30.5 Å². The van der Waals surface area contributed by atoms with Gasteiger partial charge < -0.3 is 0 Å². The highest BCUT2D eigenvalue weighted by Gasteiger charge is 2.61. The molecular formula is C16H16Cl2N2OS. The molecule has 1 aromatic heterocycles. The Hall–Kier alpha value is -0.970. The zero-order valence-electron chi connectivity index (χ0n) is 12.5. The number of carbonyl (C=O) groups is 1. The van der Waals surface area contributed by atoms with Crippen LogP contribution in [0.1, 0.15) is 18.6 Å². The number of allylic oxidation sites excluding steroid dienone is 1. The van der Waals surface area contributed by atoms with Crippen LogP contribution in [0.15, 0.2) is 40.0 Å². The van der Waals surface area contributed by atoms with Crippen molar-refractivity contribution >= 4 is 51.9 Å². The molecule has 22 heavy (non-hydrogen) atoms. The molecule has 0 spiro atoms. The standard InChI is InChI=1S/C16H16Cl2N2OS/c1-16(2)9(8-12(17)18)13(16)14(21)20-11-7-5-4-6-10(11)19-15(20)22-3/h4-9,13H,1-3H3/t9-,13-/m0/s1. The van der Waals surface area contributed by atoms with Crippen molar-refractivity contribution in [2.45, 2.75) is 19.0 Å². The number of halogens is 2. The molecule has 0 amide bonds. The van der Waals surface area contributed by atoms with Crippen LogP contribution in [0.2, 0.25) is 0 Å². The van der Waals surface area contributed by atoms with Crippen LogP contribution in [0.4, 0.5) is 0 Å². The molecule has 1 aliphatic rings. The molecule has 1 aromatic carbocycles. The molecule has 1 heterocycles. The Morgan fingerprint density at radius 1 is 1.36 bits per heavy atom. The fraction of sp³-hybridized carbons (Fsp3) is 0.375. The van der Waals surface area contributed by atoms with Gasteiger partial charge in [0.05, 0.1) is 17.0 Å². The van der Waals surface area contributed by atoms with E-state index in [1.165, 1.54) is 11.8 Å². The summed E-state index contributed by atoms with van der Waals surface area (Å²) in [7, 11) is 0. The molecule has 0 bridgehead atoms. The van der Waals surface area contributed by atoms with Crippen LogP contribution in [-0.4, -0.2) is 21.7 Å². The van der Waals surface area contributed by atoms with E-state index < -0.39 is 0 Å². The van der Waals surface area contributed by atoms with Crippen LogP contribution in [0, 0.1) is 17.3 Å². The van der Waals surface area contributed by atoms with Gasteiger partial charge in [0.2, 0.25) is 5.91 Å². The third-order valence-corrected chi connectivity index (χ3v) is 5.31. The van der Waals surface area contributed by atoms with Crippen molar-refractivity contribution in [1.82, 2.24) is 9.55 Å². The van der Waals surface area contributed by atoms with Crippen LogP contribution in [0.5, 0.6) is 0 Å². The van der Waals surface area contributed by atoms with E-state index in [2.05, 4.69) is 18.8 Å². The normalized spacial score (nSPS) is 22.6. The summed E-state index contributed by atoms with van der Waals surface area (Å²) < 4.78 is 1.94. The minimum Gasteiger partial charge on any atom is -0.274 e. The van der Waals surface area contributed by atoms with Crippen molar-refractivity contribution in [3.63, 3.8) is 0 Å². The number of carbonyl (C=O) groups excluding carboxylic acids is 1. The summed E-state index contributed by atoms with van der Waals surface area (Å²) >= 11 is 13.0. The summed E-state index contributed by atoms with van der Waals surface area (Å²) in [5, 5.41) is 0.716. The second-order valence-corrected chi connectivity index (χ2v) is 7.82. The molecule has 0 saturated heterocycles. The molecule has 116 valence electrons. The predicted molar refractivity (Wildman–Crippen MR) is 92.7 cm³/mol. The maximum absolute atomic E-state index is 13.1. The fourth-order valence-corrected chi connectivity index (χ4v) is 3.92. The van der Waals surface area contributed by atoms with Crippen molar-refractivity contribution < 1.29 is 4.79 Å². The van der Waals surface area contributed by atoms with E-state index in [-0.39, 0.29) is 27.6 Å². The zero-order chi connectivity index (χ0) is 16.1. The number of imidazole rings is 1.